The lowest BCUT2D eigenvalue weighted by molar-refractivity contribution is 0.186. The van der Waals surface area contributed by atoms with Gasteiger partial charge in [0.1, 0.15) is 0 Å². The predicted molar refractivity (Wildman–Crippen MR) is 148 cm³/mol. The van der Waals surface area contributed by atoms with Crippen molar-refractivity contribution < 1.29 is 10.2 Å². The van der Waals surface area contributed by atoms with Gasteiger partial charge in [-0.15, -0.1) is 20.3 Å². The maximum absolute atomic E-state index is 7.62. The quantitative estimate of drug-likeness (QED) is 0.106. The van der Waals surface area contributed by atoms with Gasteiger partial charge in [0.25, 0.3) is 0 Å². The summed E-state index contributed by atoms with van der Waals surface area (Å²) < 4.78 is 0. The van der Waals surface area contributed by atoms with Crippen LogP contribution in [0, 0.1) is 0 Å². The van der Waals surface area contributed by atoms with Gasteiger partial charge >= 0.3 is 0 Å². The molecule has 0 aliphatic heterocycles. The van der Waals surface area contributed by atoms with Gasteiger partial charge in [-0.2, -0.15) is 0 Å². The molecule has 0 atom stereocenters. The summed E-state index contributed by atoms with van der Waals surface area (Å²) >= 11 is 0. The van der Waals surface area contributed by atoms with Crippen molar-refractivity contribution in [2.75, 3.05) is 31.7 Å². The highest BCUT2D eigenvalue weighted by molar-refractivity contribution is 7.57. The molecule has 0 spiro atoms. The Kier molecular flexibility index (Phi) is 47.5. The number of hydrogen-bond acceptors (Lipinski definition) is 3. The fourth-order valence-corrected chi connectivity index (χ4v) is 6.37. The third-order valence-corrected chi connectivity index (χ3v) is 8.43. The molecule has 0 amide bonds. The molecule has 0 aromatic carbocycles. The molecular weight excluding hydrogens is 425 g/mol. The SMILES string of the molecule is CCCCCCCCP(CCCCCCCC)CCCCCCCC.Cl.N.OCCO. The molecule has 0 radical (unpaired) electrons. The van der Waals surface area contributed by atoms with Gasteiger partial charge in [0.05, 0.1) is 13.2 Å². The number of aliphatic hydroxyl groups excluding tert-OH is 2. The molecule has 5 heteroatoms. The van der Waals surface area contributed by atoms with Crippen LogP contribution in [0.2, 0.25) is 0 Å². The normalized spacial score (nSPS) is 10.3. The summed E-state index contributed by atoms with van der Waals surface area (Å²) in [6, 6.07) is 0. The minimum atomic E-state index is -0.125. The van der Waals surface area contributed by atoms with Crippen molar-refractivity contribution in [1.82, 2.24) is 6.15 Å². The van der Waals surface area contributed by atoms with Crippen molar-refractivity contribution in [3.05, 3.63) is 0 Å². The molecule has 0 aromatic heterocycles. The summed E-state index contributed by atoms with van der Waals surface area (Å²) in [5, 5.41) is 15.2. The molecule has 31 heavy (non-hydrogen) atoms. The number of rotatable bonds is 22. The molecule has 3 nitrogen and oxygen atoms in total. The zero-order valence-corrected chi connectivity index (χ0v) is 23.4. The molecule has 0 fully saturated rings. The third kappa shape index (κ3) is 38.2. The Morgan fingerprint density at radius 1 is 0.419 bits per heavy atom. The van der Waals surface area contributed by atoms with E-state index in [0.717, 1.165) is 0 Å². The van der Waals surface area contributed by atoms with Crippen LogP contribution in [0.1, 0.15) is 136 Å². The maximum Gasteiger partial charge on any atom is 0.0662 e. The average Bonchev–Trinajstić information content (AvgIpc) is 2.75. The molecule has 0 bridgehead atoms. The van der Waals surface area contributed by atoms with Crippen molar-refractivity contribution in [2.45, 2.75) is 136 Å². The van der Waals surface area contributed by atoms with Crippen LogP contribution in [-0.4, -0.2) is 41.9 Å². The molecule has 0 aliphatic carbocycles. The van der Waals surface area contributed by atoms with E-state index >= 15 is 0 Å². The Balaban J connectivity index is -0.000000555. The van der Waals surface area contributed by atoms with Gasteiger partial charge in [-0.05, 0) is 37.7 Å². The van der Waals surface area contributed by atoms with E-state index < -0.39 is 0 Å². The van der Waals surface area contributed by atoms with Crippen molar-refractivity contribution >= 4 is 20.3 Å². The van der Waals surface area contributed by atoms with E-state index in [1.807, 2.05) is 0 Å². The standard InChI is InChI=1S/C24H51P.C2H6O2.ClH.H3N/c1-4-7-10-13-16-19-22-25(23-20-17-14-11-8-5-2)24-21-18-15-12-9-6-3;3-1-2-4;;/h4-24H2,1-3H3;3-4H,1-2H2;1H;1H3. The molecule has 0 unspecified atom stereocenters. The monoisotopic (exact) mass is 485 g/mol. The number of unbranched alkanes of at least 4 members (excludes halogenated alkanes) is 15. The van der Waals surface area contributed by atoms with Gasteiger partial charge in [0, 0.05) is 0 Å². The second kappa shape index (κ2) is 37.9. The van der Waals surface area contributed by atoms with Crippen LogP contribution in [0.25, 0.3) is 0 Å². The van der Waals surface area contributed by atoms with Crippen LogP contribution in [0.4, 0.5) is 0 Å². The van der Waals surface area contributed by atoms with E-state index in [4.69, 9.17) is 10.2 Å². The summed E-state index contributed by atoms with van der Waals surface area (Å²) in [7, 11) is 0.366. The van der Waals surface area contributed by atoms with Crippen LogP contribution in [0.5, 0.6) is 0 Å². The van der Waals surface area contributed by atoms with E-state index in [2.05, 4.69) is 20.8 Å². The van der Waals surface area contributed by atoms with E-state index in [0.29, 0.717) is 7.92 Å². The smallest absolute Gasteiger partial charge is 0.0662 e. The Labute approximate surface area is 204 Å². The van der Waals surface area contributed by atoms with Crippen LogP contribution in [0.15, 0.2) is 0 Å². The molecular formula is C26H61ClNO2P. The van der Waals surface area contributed by atoms with Gasteiger partial charge < -0.3 is 16.4 Å². The zero-order chi connectivity index (χ0) is 21.8. The van der Waals surface area contributed by atoms with Crippen molar-refractivity contribution in [1.29, 1.82) is 0 Å². The fraction of sp³-hybridized carbons (Fsp3) is 1.00. The number of hydrogen-bond donors (Lipinski definition) is 3. The highest BCUT2D eigenvalue weighted by Gasteiger charge is 2.07. The van der Waals surface area contributed by atoms with Crippen LogP contribution in [-0.2, 0) is 0 Å². The second-order valence-corrected chi connectivity index (χ2v) is 11.3. The predicted octanol–water partition coefficient (Wildman–Crippen LogP) is 9.10. The van der Waals surface area contributed by atoms with Crippen LogP contribution < -0.4 is 6.15 Å². The maximum atomic E-state index is 7.62. The summed E-state index contributed by atoms with van der Waals surface area (Å²) in [6.07, 6.45) is 31.2. The van der Waals surface area contributed by atoms with Crippen molar-refractivity contribution in [3.63, 3.8) is 0 Å². The lowest BCUT2D eigenvalue weighted by atomic mass is 10.1. The van der Waals surface area contributed by atoms with Crippen LogP contribution in [0.3, 0.4) is 0 Å². The number of halogens is 1. The first-order valence-electron chi connectivity index (χ1n) is 13.2. The molecule has 5 N–H and O–H groups in total. The first kappa shape index (κ1) is 38.8. The summed E-state index contributed by atoms with van der Waals surface area (Å²) in [4.78, 5) is 0. The first-order valence-corrected chi connectivity index (χ1v) is 15.1. The number of aliphatic hydroxyl groups is 2. The molecule has 0 heterocycles. The Morgan fingerprint density at radius 3 is 0.871 bits per heavy atom. The molecule has 0 aliphatic rings. The highest BCUT2D eigenvalue weighted by atomic mass is 35.5. The van der Waals surface area contributed by atoms with E-state index in [-0.39, 0.29) is 31.8 Å². The summed E-state index contributed by atoms with van der Waals surface area (Å²) in [6.45, 7) is 6.71. The lowest BCUT2D eigenvalue weighted by Gasteiger charge is -2.18. The first-order chi connectivity index (χ1) is 14.3. The second-order valence-electron chi connectivity index (χ2n) is 8.59. The molecule has 0 saturated heterocycles. The largest absolute Gasteiger partial charge is 0.394 e. The molecule has 0 saturated carbocycles. The average molecular weight is 486 g/mol. The summed E-state index contributed by atoms with van der Waals surface area (Å²) in [5.74, 6) is 0. The minimum absolute atomic E-state index is 0. The van der Waals surface area contributed by atoms with Gasteiger partial charge in [-0.25, -0.2) is 0 Å². The Hall–Kier alpha value is 0.600. The van der Waals surface area contributed by atoms with Crippen molar-refractivity contribution in [2.24, 2.45) is 0 Å². The van der Waals surface area contributed by atoms with Gasteiger partial charge in [0.15, 0.2) is 0 Å². The highest BCUT2D eigenvalue weighted by Crippen LogP contribution is 2.39. The zero-order valence-electron chi connectivity index (χ0n) is 21.7. The molecule has 0 aromatic rings. The third-order valence-electron chi connectivity index (χ3n) is 5.58. The topological polar surface area (TPSA) is 75.5 Å². The van der Waals surface area contributed by atoms with E-state index in [1.165, 1.54) is 116 Å². The van der Waals surface area contributed by atoms with Gasteiger partial charge in [-0.3, -0.25) is 0 Å². The van der Waals surface area contributed by atoms with Gasteiger partial charge in [-0.1, -0.05) is 117 Å². The molecule has 0 rings (SSSR count). The Morgan fingerprint density at radius 2 is 0.645 bits per heavy atom. The summed E-state index contributed by atoms with van der Waals surface area (Å²) in [5.41, 5.74) is 0. The van der Waals surface area contributed by atoms with Crippen LogP contribution >= 0.6 is 20.3 Å². The Bertz CT molecular complexity index is 234. The molecule has 194 valence electrons. The van der Waals surface area contributed by atoms with Crippen molar-refractivity contribution in [3.8, 4) is 0 Å². The van der Waals surface area contributed by atoms with E-state index in [9.17, 15) is 0 Å². The lowest BCUT2D eigenvalue weighted by Crippen LogP contribution is -1.97. The van der Waals surface area contributed by atoms with E-state index in [1.54, 1.807) is 18.5 Å². The van der Waals surface area contributed by atoms with Gasteiger partial charge in [0.2, 0.25) is 0 Å². The fourth-order valence-electron chi connectivity index (χ4n) is 3.68. The minimum Gasteiger partial charge on any atom is -0.394 e.